The quantitative estimate of drug-likeness (QED) is 0.868. The summed E-state index contributed by atoms with van der Waals surface area (Å²) in [7, 11) is 0. The van der Waals surface area contributed by atoms with Crippen LogP contribution in [-0.4, -0.2) is 23.5 Å². The highest BCUT2D eigenvalue weighted by Crippen LogP contribution is 2.28. The third-order valence-corrected chi connectivity index (χ3v) is 4.02. The van der Waals surface area contributed by atoms with E-state index in [-0.39, 0.29) is 0 Å². The maximum absolute atomic E-state index is 5.81. The van der Waals surface area contributed by atoms with Crippen LogP contribution in [0.5, 0.6) is 0 Å². The minimum Gasteiger partial charge on any atom is -0.330 e. The molecule has 2 nitrogen and oxygen atoms in total. The van der Waals surface area contributed by atoms with Crippen LogP contribution >= 0.6 is 0 Å². The minimum absolute atomic E-state index is 0.646. The SMILES string of the molecule is CC1CC(CN)CC(C)N1Cc1ccccc1. The van der Waals surface area contributed by atoms with Crippen LogP contribution in [0.15, 0.2) is 30.3 Å². The van der Waals surface area contributed by atoms with Crippen LogP contribution in [0.2, 0.25) is 0 Å². The summed E-state index contributed by atoms with van der Waals surface area (Å²) in [5, 5.41) is 0. The van der Waals surface area contributed by atoms with Gasteiger partial charge in [0, 0.05) is 18.6 Å². The zero-order valence-electron chi connectivity index (χ0n) is 11.0. The van der Waals surface area contributed by atoms with Gasteiger partial charge in [-0.3, -0.25) is 4.90 Å². The third kappa shape index (κ3) is 3.08. The molecule has 2 atom stereocenters. The standard InChI is InChI=1S/C15H24N2/c1-12-8-15(10-16)9-13(2)17(12)11-14-6-4-3-5-7-14/h3-7,12-13,15H,8-11,16H2,1-2H3. The number of piperidine rings is 1. The van der Waals surface area contributed by atoms with E-state index in [2.05, 4.69) is 49.1 Å². The van der Waals surface area contributed by atoms with Crippen LogP contribution in [0.3, 0.4) is 0 Å². The first-order valence-corrected chi connectivity index (χ1v) is 6.70. The van der Waals surface area contributed by atoms with Crippen molar-refractivity contribution < 1.29 is 0 Å². The summed E-state index contributed by atoms with van der Waals surface area (Å²) in [6.45, 7) is 6.58. The van der Waals surface area contributed by atoms with Crippen molar-refractivity contribution in [2.45, 2.75) is 45.3 Å². The Morgan fingerprint density at radius 2 is 1.71 bits per heavy atom. The summed E-state index contributed by atoms with van der Waals surface area (Å²) in [6.07, 6.45) is 2.49. The van der Waals surface area contributed by atoms with Gasteiger partial charge in [0.25, 0.3) is 0 Å². The fourth-order valence-corrected chi connectivity index (χ4v) is 3.06. The zero-order valence-corrected chi connectivity index (χ0v) is 11.0. The molecule has 0 aromatic heterocycles. The highest BCUT2D eigenvalue weighted by Gasteiger charge is 2.29. The van der Waals surface area contributed by atoms with E-state index >= 15 is 0 Å². The second-order valence-corrected chi connectivity index (χ2v) is 5.43. The molecule has 1 saturated heterocycles. The topological polar surface area (TPSA) is 29.3 Å². The Morgan fingerprint density at radius 1 is 1.12 bits per heavy atom. The Kier molecular flexibility index (Phi) is 4.19. The molecule has 0 saturated carbocycles. The van der Waals surface area contributed by atoms with Crippen molar-refractivity contribution >= 4 is 0 Å². The van der Waals surface area contributed by atoms with E-state index in [0.29, 0.717) is 18.0 Å². The highest BCUT2D eigenvalue weighted by atomic mass is 15.2. The first-order chi connectivity index (χ1) is 8.20. The number of rotatable bonds is 3. The molecule has 0 radical (unpaired) electrons. The summed E-state index contributed by atoms with van der Waals surface area (Å²) < 4.78 is 0. The lowest BCUT2D eigenvalue weighted by Crippen LogP contribution is -2.47. The molecule has 2 rings (SSSR count). The lowest BCUT2D eigenvalue weighted by atomic mass is 9.87. The van der Waals surface area contributed by atoms with E-state index < -0.39 is 0 Å². The van der Waals surface area contributed by atoms with Crippen LogP contribution in [0, 0.1) is 5.92 Å². The Labute approximate surface area is 105 Å². The fourth-order valence-electron chi connectivity index (χ4n) is 3.06. The number of nitrogens with two attached hydrogens (primary N) is 1. The number of benzene rings is 1. The molecule has 1 heterocycles. The van der Waals surface area contributed by atoms with Crippen LogP contribution in [0.4, 0.5) is 0 Å². The predicted octanol–water partition coefficient (Wildman–Crippen LogP) is 2.63. The molecule has 1 aromatic rings. The summed E-state index contributed by atoms with van der Waals surface area (Å²) in [4.78, 5) is 2.61. The number of hydrogen-bond donors (Lipinski definition) is 1. The van der Waals surface area contributed by atoms with Gasteiger partial charge in [0.05, 0.1) is 0 Å². The fraction of sp³-hybridized carbons (Fsp3) is 0.600. The van der Waals surface area contributed by atoms with E-state index in [4.69, 9.17) is 5.73 Å². The van der Waals surface area contributed by atoms with Crippen molar-refractivity contribution in [3.05, 3.63) is 35.9 Å². The maximum atomic E-state index is 5.81. The molecule has 94 valence electrons. The summed E-state index contributed by atoms with van der Waals surface area (Å²) in [6, 6.07) is 12.1. The molecule has 1 aliphatic heterocycles. The summed E-state index contributed by atoms with van der Waals surface area (Å²) in [5.41, 5.74) is 7.22. The van der Waals surface area contributed by atoms with E-state index in [9.17, 15) is 0 Å². The molecule has 2 unspecified atom stereocenters. The van der Waals surface area contributed by atoms with Crippen molar-refractivity contribution in [1.82, 2.24) is 4.90 Å². The molecular formula is C15H24N2. The molecule has 1 aliphatic rings. The Bertz CT molecular complexity index is 324. The number of hydrogen-bond acceptors (Lipinski definition) is 2. The Morgan fingerprint density at radius 3 is 2.24 bits per heavy atom. The first-order valence-electron chi connectivity index (χ1n) is 6.70. The van der Waals surface area contributed by atoms with Crippen molar-refractivity contribution in [1.29, 1.82) is 0 Å². The van der Waals surface area contributed by atoms with E-state index in [1.807, 2.05) is 0 Å². The lowest BCUT2D eigenvalue weighted by Gasteiger charge is -2.42. The average Bonchev–Trinajstić information content (AvgIpc) is 2.35. The molecule has 2 N–H and O–H groups in total. The molecule has 2 heteroatoms. The molecule has 0 amide bonds. The predicted molar refractivity (Wildman–Crippen MR) is 72.7 cm³/mol. The second kappa shape index (κ2) is 5.65. The molecular weight excluding hydrogens is 208 g/mol. The second-order valence-electron chi connectivity index (χ2n) is 5.43. The highest BCUT2D eigenvalue weighted by molar-refractivity contribution is 5.15. The van der Waals surface area contributed by atoms with Crippen LogP contribution in [0.1, 0.15) is 32.3 Å². The van der Waals surface area contributed by atoms with Crippen LogP contribution in [0.25, 0.3) is 0 Å². The van der Waals surface area contributed by atoms with Crippen molar-refractivity contribution in [3.63, 3.8) is 0 Å². The van der Waals surface area contributed by atoms with Gasteiger partial charge in [-0.2, -0.15) is 0 Å². The molecule has 17 heavy (non-hydrogen) atoms. The first kappa shape index (κ1) is 12.6. The number of nitrogens with zero attached hydrogens (tertiary/aromatic N) is 1. The van der Waals surface area contributed by atoms with E-state index in [0.717, 1.165) is 13.1 Å². The van der Waals surface area contributed by atoms with Crippen LogP contribution in [-0.2, 0) is 6.54 Å². The smallest absolute Gasteiger partial charge is 0.0239 e. The third-order valence-electron chi connectivity index (χ3n) is 4.02. The Balaban J connectivity index is 2.01. The van der Waals surface area contributed by atoms with Gasteiger partial charge >= 0.3 is 0 Å². The zero-order chi connectivity index (χ0) is 12.3. The van der Waals surface area contributed by atoms with Gasteiger partial charge in [-0.1, -0.05) is 30.3 Å². The van der Waals surface area contributed by atoms with Gasteiger partial charge in [0.15, 0.2) is 0 Å². The van der Waals surface area contributed by atoms with E-state index in [1.54, 1.807) is 0 Å². The van der Waals surface area contributed by atoms with Gasteiger partial charge in [0.1, 0.15) is 0 Å². The van der Waals surface area contributed by atoms with Gasteiger partial charge in [-0.15, -0.1) is 0 Å². The molecule has 0 spiro atoms. The summed E-state index contributed by atoms with van der Waals surface area (Å²) in [5.74, 6) is 0.715. The van der Waals surface area contributed by atoms with Crippen molar-refractivity contribution in [2.24, 2.45) is 11.7 Å². The van der Waals surface area contributed by atoms with Gasteiger partial charge in [-0.25, -0.2) is 0 Å². The molecule has 1 fully saturated rings. The molecule has 0 bridgehead atoms. The van der Waals surface area contributed by atoms with Gasteiger partial charge < -0.3 is 5.73 Å². The van der Waals surface area contributed by atoms with Crippen molar-refractivity contribution in [2.75, 3.05) is 6.54 Å². The largest absolute Gasteiger partial charge is 0.330 e. The molecule has 1 aromatic carbocycles. The maximum Gasteiger partial charge on any atom is 0.0239 e. The van der Waals surface area contributed by atoms with Crippen molar-refractivity contribution in [3.8, 4) is 0 Å². The summed E-state index contributed by atoms with van der Waals surface area (Å²) >= 11 is 0. The number of likely N-dealkylation sites (tertiary alicyclic amines) is 1. The van der Waals surface area contributed by atoms with Gasteiger partial charge in [-0.05, 0) is 44.7 Å². The Hall–Kier alpha value is -0.860. The average molecular weight is 232 g/mol. The van der Waals surface area contributed by atoms with Crippen LogP contribution < -0.4 is 5.73 Å². The lowest BCUT2D eigenvalue weighted by molar-refractivity contribution is 0.0652. The van der Waals surface area contributed by atoms with E-state index in [1.165, 1.54) is 18.4 Å². The molecule has 0 aliphatic carbocycles. The monoisotopic (exact) mass is 232 g/mol. The van der Waals surface area contributed by atoms with Gasteiger partial charge in [0.2, 0.25) is 0 Å². The normalized spacial score (nSPS) is 30.4. The minimum atomic E-state index is 0.646.